The first kappa shape index (κ1) is 13.6. The van der Waals surface area contributed by atoms with E-state index in [1.165, 1.54) is 6.07 Å². The highest BCUT2D eigenvalue weighted by Crippen LogP contribution is 2.22. The molecule has 0 aromatic heterocycles. The zero-order valence-corrected chi connectivity index (χ0v) is 11.1. The van der Waals surface area contributed by atoms with E-state index in [4.69, 9.17) is 5.11 Å². The molecule has 16 heavy (non-hydrogen) atoms. The summed E-state index contributed by atoms with van der Waals surface area (Å²) in [5.41, 5.74) is 0.612. The van der Waals surface area contributed by atoms with Gasteiger partial charge in [-0.25, -0.2) is 4.39 Å². The van der Waals surface area contributed by atoms with Crippen molar-refractivity contribution in [2.24, 2.45) is 0 Å². The van der Waals surface area contributed by atoms with Crippen molar-refractivity contribution in [3.8, 4) is 0 Å². The van der Waals surface area contributed by atoms with Gasteiger partial charge in [0.1, 0.15) is 5.82 Å². The van der Waals surface area contributed by atoms with E-state index < -0.39 is 0 Å². The summed E-state index contributed by atoms with van der Waals surface area (Å²) in [5.74, 6) is -0.226. The normalized spacial score (nSPS) is 14.8. The number of benzene rings is 1. The fraction of sp³-hybridized carbons (Fsp3) is 0.500. The average Bonchev–Trinajstić information content (AvgIpc) is 2.28. The van der Waals surface area contributed by atoms with Gasteiger partial charge in [0, 0.05) is 22.1 Å². The largest absolute Gasteiger partial charge is 0.395 e. The second-order valence-electron chi connectivity index (χ2n) is 3.84. The standard InChI is InChI=1S/C12H17BrFNO/c1-3-10(7-16)15-8(2)11-6-9(13)4-5-12(11)14/h4-6,8,10,15-16H,3,7H2,1-2H3/t8?,10-/m0/s1. The van der Waals surface area contributed by atoms with Crippen LogP contribution in [0.4, 0.5) is 4.39 Å². The molecule has 0 heterocycles. The maximum Gasteiger partial charge on any atom is 0.128 e. The van der Waals surface area contributed by atoms with Gasteiger partial charge >= 0.3 is 0 Å². The molecule has 1 aromatic carbocycles. The second kappa shape index (κ2) is 6.33. The van der Waals surface area contributed by atoms with Crippen LogP contribution >= 0.6 is 15.9 Å². The number of rotatable bonds is 5. The molecule has 2 N–H and O–H groups in total. The Balaban J connectivity index is 2.79. The molecule has 0 radical (unpaired) electrons. The zero-order chi connectivity index (χ0) is 12.1. The van der Waals surface area contributed by atoms with Crippen LogP contribution in [0.5, 0.6) is 0 Å². The zero-order valence-electron chi connectivity index (χ0n) is 9.50. The third-order valence-electron chi connectivity index (χ3n) is 2.62. The van der Waals surface area contributed by atoms with Crippen molar-refractivity contribution in [1.29, 1.82) is 0 Å². The van der Waals surface area contributed by atoms with Gasteiger partial charge < -0.3 is 10.4 Å². The molecule has 0 spiro atoms. The van der Waals surface area contributed by atoms with Crippen LogP contribution in [0, 0.1) is 5.82 Å². The molecule has 4 heteroatoms. The van der Waals surface area contributed by atoms with Crippen LogP contribution in [0.25, 0.3) is 0 Å². The minimum absolute atomic E-state index is 0.00776. The Kier molecular flexibility index (Phi) is 5.38. The molecule has 0 saturated carbocycles. The van der Waals surface area contributed by atoms with Gasteiger partial charge in [-0.2, -0.15) is 0 Å². The molecule has 2 atom stereocenters. The lowest BCUT2D eigenvalue weighted by atomic mass is 10.1. The summed E-state index contributed by atoms with van der Waals surface area (Å²) < 4.78 is 14.4. The maximum absolute atomic E-state index is 13.6. The number of halogens is 2. The van der Waals surface area contributed by atoms with Crippen molar-refractivity contribution in [2.75, 3.05) is 6.61 Å². The summed E-state index contributed by atoms with van der Waals surface area (Å²) in [6.07, 6.45) is 0.816. The monoisotopic (exact) mass is 289 g/mol. The molecule has 0 aliphatic rings. The maximum atomic E-state index is 13.6. The van der Waals surface area contributed by atoms with Crippen LogP contribution in [-0.4, -0.2) is 17.8 Å². The summed E-state index contributed by atoms with van der Waals surface area (Å²) in [7, 11) is 0. The van der Waals surface area contributed by atoms with E-state index in [0.717, 1.165) is 10.9 Å². The first-order chi connectivity index (χ1) is 7.58. The van der Waals surface area contributed by atoms with Crippen LogP contribution in [0.15, 0.2) is 22.7 Å². The second-order valence-corrected chi connectivity index (χ2v) is 4.76. The van der Waals surface area contributed by atoms with Crippen molar-refractivity contribution in [1.82, 2.24) is 5.32 Å². The molecule has 1 unspecified atom stereocenters. The van der Waals surface area contributed by atoms with Gasteiger partial charge in [-0.05, 0) is 31.5 Å². The lowest BCUT2D eigenvalue weighted by Crippen LogP contribution is -2.34. The van der Waals surface area contributed by atoms with E-state index in [9.17, 15) is 4.39 Å². The predicted octanol–water partition coefficient (Wildman–Crippen LogP) is 3.01. The fourth-order valence-corrected chi connectivity index (χ4v) is 1.97. The van der Waals surface area contributed by atoms with Crippen molar-refractivity contribution < 1.29 is 9.50 Å². The summed E-state index contributed by atoms with van der Waals surface area (Å²) >= 11 is 3.32. The summed E-state index contributed by atoms with van der Waals surface area (Å²) in [4.78, 5) is 0. The molecule has 1 rings (SSSR count). The Labute approximate surface area is 104 Å². The van der Waals surface area contributed by atoms with Crippen LogP contribution in [0.1, 0.15) is 31.9 Å². The number of hydrogen-bond donors (Lipinski definition) is 2. The predicted molar refractivity (Wildman–Crippen MR) is 66.8 cm³/mol. The van der Waals surface area contributed by atoms with Gasteiger partial charge in [0.2, 0.25) is 0 Å². The summed E-state index contributed by atoms with van der Waals surface area (Å²) in [6.45, 7) is 3.94. The van der Waals surface area contributed by atoms with Crippen molar-refractivity contribution in [2.45, 2.75) is 32.4 Å². The highest BCUT2D eigenvalue weighted by molar-refractivity contribution is 9.10. The lowest BCUT2D eigenvalue weighted by Gasteiger charge is -2.21. The van der Waals surface area contributed by atoms with Gasteiger partial charge in [0.05, 0.1) is 6.61 Å². The Morgan fingerprint density at radius 3 is 2.75 bits per heavy atom. The molecule has 0 bridgehead atoms. The Morgan fingerprint density at radius 2 is 2.19 bits per heavy atom. The van der Waals surface area contributed by atoms with Gasteiger partial charge in [0.25, 0.3) is 0 Å². The molecule has 0 saturated heterocycles. The number of nitrogens with one attached hydrogen (secondary N) is 1. The van der Waals surface area contributed by atoms with Crippen molar-refractivity contribution >= 4 is 15.9 Å². The number of hydrogen-bond acceptors (Lipinski definition) is 2. The average molecular weight is 290 g/mol. The van der Waals surface area contributed by atoms with Gasteiger partial charge in [-0.1, -0.05) is 22.9 Å². The van der Waals surface area contributed by atoms with Gasteiger partial charge in [0.15, 0.2) is 0 Å². The Morgan fingerprint density at radius 1 is 1.50 bits per heavy atom. The quantitative estimate of drug-likeness (QED) is 0.873. The van der Waals surface area contributed by atoms with E-state index in [1.54, 1.807) is 12.1 Å². The lowest BCUT2D eigenvalue weighted by molar-refractivity contribution is 0.229. The summed E-state index contributed by atoms with van der Waals surface area (Å²) in [5, 5.41) is 12.3. The van der Waals surface area contributed by atoms with Gasteiger partial charge in [-0.3, -0.25) is 0 Å². The molecular weight excluding hydrogens is 273 g/mol. The SMILES string of the molecule is CC[C@@H](CO)NC(C)c1cc(Br)ccc1F. The van der Waals surface area contributed by atoms with Crippen molar-refractivity contribution in [3.05, 3.63) is 34.1 Å². The minimum Gasteiger partial charge on any atom is -0.395 e. The molecule has 0 aliphatic heterocycles. The first-order valence-corrected chi connectivity index (χ1v) is 6.19. The summed E-state index contributed by atoms with van der Waals surface area (Å²) in [6, 6.07) is 4.77. The fourth-order valence-electron chi connectivity index (χ4n) is 1.59. The third-order valence-corrected chi connectivity index (χ3v) is 3.12. The molecule has 0 amide bonds. The number of aliphatic hydroxyl groups excluding tert-OH is 1. The highest BCUT2D eigenvalue weighted by atomic mass is 79.9. The smallest absolute Gasteiger partial charge is 0.128 e. The van der Waals surface area contributed by atoms with Crippen LogP contribution in [-0.2, 0) is 0 Å². The molecule has 2 nitrogen and oxygen atoms in total. The Bertz CT molecular complexity index is 342. The molecule has 90 valence electrons. The van der Waals surface area contributed by atoms with Crippen LogP contribution in [0.3, 0.4) is 0 Å². The van der Waals surface area contributed by atoms with E-state index in [-0.39, 0.29) is 24.5 Å². The topological polar surface area (TPSA) is 32.3 Å². The Hall–Kier alpha value is -0.450. The van der Waals surface area contributed by atoms with E-state index in [2.05, 4.69) is 21.2 Å². The van der Waals surface area contributed by atoms with Crippen LogP contribution < -0.4 is 5.32 Å². The molecule has 0 aliphatic carbocycles. The number of aliphatic hydroxyl groups is 1. The van der Waals surface area contributed by atoms with Gasteiger partial charge in [-0.15, -0.1) is 0 Å². The van der Waals surface area contributed by atoms with Crippen molar-refractivity contribution in [3.63, 3.8) is 0 Å². The first-order valence-electron chi connectivity index (χ1n) is 5.40. The highest BCUT2D eigenvalue weighted by Gasteiger charge is 2.14. The van der Waals surface area contributed by atoms with E-state index >= 15 is 0 Å². The molecule has 1 aromatic rings. The third kappa shape index (κ3) is 3.54. The minimum atomic E-state index is -0.226. The van der Waals surface area contributed by atoms with Crippen LogP contribution in [0.2, 0.25) is 0 Å². The molecule has 0 fully saturated rings. The van der Waals surface area contributed by atoms with E-state index in [0.29, 0.717) is 5.56 Å². The molecular formula is C12H17BrFNO. The van der Waals surface area contributed by atoms with E-state index in [1.807, 2.05) is 13.8 Å².